The number of aryl methyl sites for hydroxylation is 1. The number of hydrogen-bond acceptors (Lipinski definition) is 1. The highest BCUT2D eigenvalue weighted by Crippen LogP contribution is 2.25. The van der Waals surface area contributed by atoms with Crippen molar-refractivity contribution in [3.05, 3.63) is 33.8 Å². The number of rotatable bonds is 0. The van der Waals surface area contributed by atoms with Crippen molar-refractivity contribution in [2.45, 2.75) is 33.9 Å². The third kappa shape index (κ3) is 2.23. The summed E-state index contributed by atoms with van der Waals surface area (Å²) in [7, 11) is 0. The highest BCUT2D eigenvalue weighted by molar-refractivity contribution is 6.31. The molecule has 0 amide bonds. The molecule has 72 valence electrons. The van der Waals surface area contributed by atoms with Crippen LogP contribution in [0.1, 0.15) is 30.5 Å². The molecule has 1 aliphatic heterocycles. The molecule has 0 fully saturated rings. The van der Waals surface area contributed by atoms with Gasteiger partial charge in [-0.25, -0.2) is 0 Å². The average Bonchev–Trinajstić information content (AvgIpc) is 2.55. The van der Waals surface area contributed by atoms with E-state index in [-0.39, 0.29) is 0 Å². The summed E-state index contributed by atoms with van der Waals surface area (Å²) in [6, 6.07) is 4.22. The predicted octanol–water partition coefficient (Wildman–Crippen LogP) is 3.28. The van der Waals surface area contributed by atoms with Crippen molar-refractivity contribution < 1.29 is 0 Å². The Labute approximate surface area is 85.1 Å². The zero-order valence-electron chi connectivity index (χ0n) is 8.45. The molecule has 1 N–H and O–H groups in total. The lowest BCUT2D eigenvalue weighted by Crippen LogP contribution is -2.00. The van der Waals surface area contributed by atoms with Crippen molar-refractivity contribution in [1.82, 2.24) is 5.32 Å². The molecule has 0 aliphatic carbocycles. The van der Waals surface area contributed by atoms with Gasteiger partial charge in [0.25, 0.3) is 0 Å². The van der Waals surface area contributed by atoms with Crippen LogP contribution < -0.4 is 5.32 Å². The average molecular weight is 198 g/mol. The first kappa shape index (κ1) is 10.6. The topological polar surface area (TPSA) is 12.0 Å². The van der Waals surface area contributed by atoms with Crippen molar-refractivity contribution in [1.29, 1.82) is 0 Å². The maximum absolute atomic E-state index is 6.03. The van der Waals surface area contributed by atoms with Gasteiger partial charge in [-0.05, 0) is 29.7 Å². The van der Waals surface area contributed by atoms with Crippen LogP contribution >= 0.6 is 11.6 Å². The van der Waals surface area contributed by atoms with Gasteiger partial charge in [-0.1, -0.05) is 31.5 Å². The van der Waals surface area contributed by atoms with Crippen LogP contribution in [0.25, 0.3) is 0 Å². The van der Waals surface area contributed by atoms with Crippen molar-refractivity contribution in [3.8, 4) is 0 Å². The smallest absolute Gasteiger partial charge is 0.0456 e. The molecule has 1 aliphatic rings. The summed E-state index contributed by atoms with van der Waals surface area (Å²) in [6.07, 6.45) is 0. The van der Waals surface area contributed by atoms with E-state index in [1.54, 1.807) is 0 Å². The quantitative estimate of drug-likeness (QED) is 0.673. The normalized spacial score (nSPS) is 13.2. The second-order valence-corrected chi connectivity index (χ2v) is 3.40. The van der Waals surface area contributed by atoms with Crippen LogP contribution in [0, 0.1) is 6.92 Å². The summed E-state index contributed by atoms with van der Waals surface area (Å²) in [5, 5.41) is 4.18. The van der Waals surface area contributed by atoms with E-state index in [0.717, 1.165) is 18.1 Å². The maximum Gasteiger partial charge on any atom is 0.0456 e. The summed E-state index contributed by atoms with van der Waals surface area (Å²) < 4.78 is 0. The summed E-state index contributed by atoms with van der Waals surface area (Å²) >= 11 is 6.03. The fourth-order valence-corrected chi connectivity index (χ4v) is 1.88. The van der Waals surface area contributed by atoms with Crippen molar-refractivity contribution in [2.75, 3.05) is 0 Å². The Kier molecular flexibility index (Phi) is 3.76. The zero-order chi connectivity index (χ0) is 9.84. The highest BCUT2D eigenvalue weighted by Gasteiger charge is 2.12. The molecule has 0 saturated heterocycles. The molecule has 1 aromatic rings. The summed E-state index contributed by atoms with van der Waals surface area (Å²) in [6.45, 7) is 7.97. The number of benzene rings is 1. The molecule has 0 spiro atoms. The molecule has 0 unspecified atom stereocenters. The standard InChI is InChI=1S/C9H10ClN.C2H6/c1-6-2-7-4-11-5-8(7)9(10)3-6;1-2/h2-3,11H,4-5H2,1H3;1-2H3. The molecule has 2 heteroatoms. The van der Waals surface area contributed by atoms with Crippen LogP contribution in [0.3, 0.4) is 0 Å². The second kappa shape index (κ2) is 4.64. The highest BCUT2D eigenvalue weighted by atomic mass is 35.5. The Morgan fingerprint density at radius 1 is 1.23 bits per heavy atom. The minimum atomic E-state index is 0.907. The molecule has 0 atom stereocenters. The van der Waals surface area contributed by atoms with Crippen LogP contribution in [0.4, 0.5) is 0 Å². The molecule has 13 heavy (non-hydrogen) atoms. The van der Waals surface area contributed by atoms with E-state index in [1.165, 1.54) is 16.7 Å². The van der Waals surface area contributed by atoms with Gasteiger partial charge in [0.2, 0.25) is 0 Å². The van der Waals surface area contributed by atoms with Gasteiger partial charge in [0.05, 0.1) is 0 Å². The maximum atomic E-state index is 6.03. The minimum Gasteiger partial charge on any atom is -0.309 e. The molecule has 0 aromatic heterocycles. The third-order valence-corrected chi connectivity index (χ3v) is 2.39. The van der Waals surface area contributed by atoms with Gasteiger partial charge < -0.3 is 5.32 Å². The molecule has 1 aromatic carbocycles. The number of hydrogen-bond donors (Lipinski definition) is 1. The van der Waals surface area contributed by atoms with Gasteiger partial charge in [0, 0.05) is 18.1 Å². The van der Waals surface area contributed by atoms with E-state index in [0.29, 0.717) is 0 Å². The van der Waals surface area contributed by atoms with Gasteiger partial charge in [-0.2, -0.15) is 0 Å². The molecular weight excluding hydrogens is 182 g/mol. The Balaban J connectivity index is 0.000000396. The first-order valence-electron chi connectivity index (χ1n) is 4.76. The Morgan fingerprint density at radius 2 is 1.92 bits per heavy atom. The van der Waals surface area contributed by atoms with Crippen LogP contribution in [-0.4, -0.2) is 0 Å². The van der Waals surface area contributed by atoms with E-state index in [4.69, 9.17) is 11.6 Å². The van der Waals surface area contributed by atoms with Gasteiger partial charge >= 0.3 is 0 Å². The largest absolute Gasteiger partial charge is 0.309 e. The Bertz CT molecular complexity index is 294. The van der Waals surface area contributed by atoms with Crippen LogP contribution in [0.5, 0.6) is 0 Å². The van der Waals surface area contributed by atoms with Crippen molar-refractivity contribution in [2.24, 2.45) is 0 Å². The molecule has 0 radical (unpaired) electrons. The number of nitrogens with one attached hydrogen (secondary N) is 1. The van der Waals surface area contributed by atoms with Gasteiger partial charge in [-0.15, -0.1) is 0 Å². The SMILES string of the molecule is CC.Cc1cc(Cl)c2c(c1)CNC2. The Morgan fingerprint density at radius 3 is 2.62 bits per heavy atom. The van der Waals surface area contributed by atoms with E-state index in [1.807, 2.05) is 19.9 Å². The fraction of sp³-hybridized carbons (Fsp3) is 0.455. The second-order valence-electron chi connectivity index (χ2n) is 2.99. The summed E-state index contributed by atoms with van der Waals surface area (Å²) in [5.74, 6) is 0. The first-order valence-corrected chi connectivity index (χ1v) is 5.14. The van der Waals surface area contributed by atoms with Crippen molar-refractivity contribution >= 4 is 11.6 Å². The van der Waals surface area contributed by atoms with Crippen molar-refractivity contribution in [3.63, 3.8) is 0 Å². The third-order valence-electron chi connectivity index (χ3n) is 2.05. The monoisotopic (exact) mass is 197 g/mol. The van der Waals surface area contributed by atoms with E-state index < -0.39 is 0 Å². The summed E-state index contributed by atoms with van der Waals surface area (Å²) in [4.78, 5) is 0. The first-order chi connectivity index (χ1) is 6.27. The molecule has 1 nitrogen and oxygen atoms in total. The van der Waals surface area contributed by atoms with E-state index in [2.05, 4.69) is 18.3 Å². The molecule has 2 rings (SSSR count). The molecule has 1 heterocycles. The number of halogens is 1. The lowest BCUT2D eigenvalue weighted by Gasteiger charge is -2.01. The Hall–Kier alpha value is -0.530. The predicted molar refractivity (Wildman–Crippen MR) is 58.1 cm³/mol. The van der Waals surface area contributed by atoms with Crippen LogP contribution in [0.15, 0.2) is 12.1 Å². The van der Waals surface area contributed by atoms with Gasteiger partial charge in [-0.3, -0.25) is 0 Å². The summed E-state index contributed by atoms with van der Waals surface area (Å²) in [5.41, 5.74) is 3.88. The minimum absolute atomic E-state index is 0.907. The van der Waals surface area contributed by atoms with Gasteiger partial charge in [0.1, 0.15) is 0 Å². The molecule has 0 saturated carbocycles. The zero-order valence-corrected chi connectivity index (χ0v) is 9.20. The lowest BCUT2D eigenvalue weighted by atomic mass is 10.1. The van der Waals surface area contributed by atoms with Crippen LogP contribution in [0.2, 0.25) is 5.02 Å². The molecular formula is C11H16ClN. The lowest BCUT2D eigenvalue weighted by molar-refractivity contribution is 0.765. The fourth-order valence-electron chi connectivity index (χ4n) is 1.52. The van der Waals surface area contributed by atoms with E-state index >= 15 is 0 Å². The van der Waals surface area contributed by atoms with Crippen LogP contribution in [-0.2, 0) is 13.1 Å². The molecule has 0 bridgehead atoms. The van der Waals surface area contributed by atoms with Gasteiger partial charge in [0.15, 0.2) is 0 Å². The van der Waals surface area contributed by atoms with E-state index in [9.17, 15) is 0 Å². The number of fused-ring (bicyclic) bond motifs is 1.